The summed E-state index contributed by atoms with van der Waals surface area (Å²) in [6.45, 7) is 3.83. The highest BCUT2D eigenvalue weighted by Crippen LogP contribution is 2.32. The number of aromatic carboxylic acids is 1. The minimum absolute atomic E-state index is 0.153. The van der Waals surface area contributed by atoms with E-state index in [2.05, 4.69) is 4.98 Å². The highest BCUT2D eigenvalue weighted by atomic mass is 32.1. The number of hydrogen-bond acceptors (Lipinski definition) is 5. The maximum absolute atomic E-state index is 13.1. The summed E-state index contributed by atoms with van der Waals surface area (Å²) in [6, 6.07) is 8.72. The largest absolute Gasteiger partial charge is 0.475 e. The first kappa shape index (κ1) is 18.0. The number of carboxylic acid groups (broad SMARTS) is 1. The SMILES string of the molecule is Cc1ccc(-c2csc3[nH]c(=O)n(Cc4ccc(C(=O)O)o4)c(=O)c23)c(C)c1. The molecule has 0 aliphatic rings. The van der Waals surface area contributed by atoms with E-state index in [1.807, 2.05) is 37.4 Å². The molecule has 0 saturated heterocycles. The number of aromatic amines is 1. The minimum Gasteiger partial charge on any atom is -0.475 e. The van der Waals surface area contributed by atoms with Crippen LogP contribution in [0.2, 0.25) is 0 Å². The van der Waals surface area contributed by atoms with Crippen LogP contribution in [-0.2, 0) is 6.54 Å². The van der Waals surface area contributed by atoms with Crippen molar-refractivity contribution in [3.8, 4) is 11.1 Å². The van der Waals surface area contributed by atoms with Crippen LogP contribution in [0.5, 0.6) is 0 Å². The van der Waals surface area contributed by atoms with Crippen molar-refractivity contribution >= 4 is 27.5 Å². The van der Waals surface area contributed by atoms with E-state index < -0.39 is 17.2 Å². The smallest absolute Gasteiger partial charge is 0.371 e. The average Bonchev–Trinajstić information content (AvgIpc) is 3.26. The Morgan fingerprint density at radius 2 is 1.96 bits per heavy atom. The Kier molecular flexibility index (Phi) is 4.27. The number of carboxylic acids is 1. The topological polar surface area (TPSA) is 105 Å². The van der Waals surface area contributed by atoms with Gasteiger partial charge in [-0.1, -0.05) is 23.8 Å². The van der Waals surface area contributed by atoms with Gasteiger partial charge in [-0.25, -0.2) is 9.59 Å². The number of thiophene rings is 1. The van der Waals surface area contributed by atoms with Crippen molar-refractivity contribution in [2.45, 2.75) is 20.4 Å². The van der Waals surface area contributed by atoms with Crippen LogP contribution in [0, 0.1) is 13.8 Å². The molecule has 0 atom stereocenters. The molecule has 0 aliphatic heterocycles. The lowest BCUT2D eigenvalue weighted by Crippen LogP contribution is -2.35. The summed E-state index contributed by atoms with van der Waals surface area (Å²) >= 11 is 1.30. The van der Waals surface area contributed by atoms with E-state index in [0.29, 0.717) is 10.2 Å². The maximum atomic E-state index is 13.1. The van der Waals surface area contributed by atoms with E-state index >= 15 is 0 Å². The number of hydrogen-bond donors (Lipinski definition) is 2. The molecular formula is C20H16N2O5S. The molecule has 8 heteroatoms. The maximum Gasteiger partial charge on any atom is 0.371 e. The first-order valence-corrected chi connectivity index (χ1v) is 9.37. The predicted molar refractivity (Wildman–Crippen MR) is 106 cm³/mol. The van der Waals surface area contributed by atoms with Crippen LogP contribution in [0.3, 0.4) is 0 Å². The fourth-order valence-corrected chi connectivity index (χ4v) is 4.19. The van der Waals surface area contributed by atoms with Crippen molar-refractivity contribution in [3.63, 3.8) is 0 Å². The number of H-pyrrole nitrogens is 1. The van der Waals surface area contributed by atoms with Gasteiger partial charge in [0.1, 0.15) is 10.6 Å². The zero-order valence-corrected chi connectivity index (χ0v) is 15.9. The molecule has 0 amide bonds. The lowest BCUT2D eigenvalue weighted by atomic mass is 9.99. The molecule has 4 aromatic rings. The Bertz CT molecular complexity index is 1340. The van der Waals surface area contributed by atoms with Crippen LogP contribution in [-0.4, -0.2) is 20.6 Å². The van der Waals surface area contributed by atoms with E-state index in [9.17, 15) is 14.4 Å². The zero-order valence-electron chi connectivity index (χ0n) is 15.1. The summed E-state index contributed by atoms with van der Waals surface area (Å²) < 4.78 is 6.21. The van der Waals surface area contributed by atoms with Gasteiger partial charge in [-0.2, -0.15) is 0 Å². The van der Waals surface area contributed by atoms with Gasteiger partial charge in [-0.05, 0) is 37.1 Å². The summed E-state index contributed by atoms with van der Waals surface area (Å²) in [7, 11) is 0. The second-order valence-corrected chi connectivity index (χ2v) is 7.44. The van der Waals surface area contributed by atoms with Gasteiger partial charge < -0.3 is 9.52 Å². The van der Waals surface area contributed by atoms with Crippen LogP contribution < -0.4 is 11.2 Å². The van der Waals surface area contributed by atoms with Gasteiger partial charge in [0.2, 0.25) is 5.76 Å². The molecule has 0 bridgehead atoms. The Hall–Kier alpha value is -3.39. The highest BCUT2D eigenvalue weighted by molar-refractivity contribution is 7.17. The van der Waals surface area contributed by atoms with Crippen molar-refractivity contribution in [2.24, 2.45) is 0 Å². The fourth-order valence-electron chi connectivity index (χ4n) is 3.25. The highest BCUT2D eigenvalue weighted by Gasteiger charge is 2.18. The van der Waals surface area contributed by atoms with Crippen molar-refractivity contribution < 1.29 is 14.3 Å². The molecule has 0 spiro atoms. The van der Waals surface area contributed by atoms with Gasteiger partial charge in [-0.3, -0.25) is 14.3 Å². The third-order valence-corrected chi connectivity index (χ3v) is 5.47. The normalized spacial score (nSPS) is 11.2. The Balaban J connectivity index is 1.88. The van der Waals surface area contributed by atoms with Crippen molar-refractivity contribution in [1.29, 1.82) is 0 Å². The number of fused-ring (bicyclic) bond motifs is 1. The summed E-state index contributed by atoms with van der Waals surface area (Å²) in [6.07, 6.45) is 0. The quantitative estimate of drug-likeness (QED) is 0.550. The number of rotatable bonds is 4. The number of furan rings is 1. The monoisotopic (exact) mass is 396 g/mol. The Morgan fingerprint density at radius 1 is 1.18 bits per heavy atom. The Labute approximate surface area is 162 Å². The van der Waals surface area contributed by atoms with Crippen LogP contribution in [0.25, 0.3) is 21.3 Å². The summed E-state index contributed by atoms with van der Waals surface area (Å²) in [5, 5.41) is 11.3. The van der Waals surface area contributed by atoms with Crippen molar-refractivity contribution in [1.82, 2.24) is 9.55 Å². The van der Waals surface area contributed by atoms with E-state index in [1.54, 1.807) is 0 Å². The lowest BCUT2D eigenvalue weighted by molar-refractivity contribution is 0.0660. The average molecular weight is 396 g/mol. The molecule has 3 heterocycles. The third kappa shape index (κ3) is 2.97. The second-order valence-electron chi connectivity index (χ2n) is 6.56. The van der Waals surface area contributed by atoms with Crippen molar-refractivity contribution in [2.75, 3.05) is 0 Å². The molecule has 3 aromatic heterocycles. The van der Waals surface area contributed by atoms with Crippen LogP contribution >= 0.6 is 11.3 Å². The molecule has 2 N–H and O–H groups in total. The standard InChI is InChI=1S/C20H16N2O5S/c1-10-3-5-13(11(2)7-10)14-9-28-17-16(14)18(23)22(20(26)21-17)8-12-4-6-15(27-12)19(24)25/h3-7,9H,8H2,1-2H3,(H,21,26)(H,24,25). The predicted octanol–water partition coefficient (Wildman–Crippen LogP) is 3.37. The van der Waals surface area contributed by atoms with Crippen LogP contribution in [0.15, 0.2) is 49.7 Å². The Morgan fingerprint density at radius 3 is 2.64 bits per heavy atom. The molecule has 4 rings (SSSR count). The van der Waals surface area contributed by atoms with Gasteiger partial charge in [-0.15, -0.1) is 11.3 Å². The van der Waals surface area contributed by atoms with Gasteiger partial charge in [0, 0.05) is 10.9 Å². The minimum atomic E-state index is -1.21. The first-order chi connectivity index (χ1) is 13.3. The van der Waals surface area contributed by atoms with E-state index in [0.717, 1.165) is 26.8 Å². The molecule has 142 valence electrons. The number of aryl methyl sites for hydroxylation is 2. The van der Waals surface area contributed by atoms with E-state index in [-0.39, 0.29) is 18.1 Å². The first-order valence-electron chi connectivity index (χ1n) is 8.49. The van der Waals surface area contributed by atoms with Crippen molar-refractivity contribution in [3.05, 3.63) is 79.2 Å². The lowest BCUT2D eigenvalue weighted by Gasteiger charge is -2.07. The van der Waals surface area contributed by atoms with Gasteiger partial charge >= 0.3 is 11.7 Å². The fraction of sp³-hybridized carbons (Fsp3) is 0.150. The van der Waals surface area contributed by atoms with E-state index in [1.165, 1.54) is 23.5 Å². The number of nitrogens with zero attached hydrogens (tertiary/aromatic N) is 1. The molecule has 28 heavy (non-hydrogen) atoms. The summed E-state index contributed by atoms with van der Waals surface area (Å²) in [4.78, 5) is 39.7. The van der Waals surface area contributed by atoms with Gasteiger partial charge in [0.15, 0.2) is 0 Å². The molecule has 0 fully saturated rings. The molecular weight excluding hydrogens is 380 g/mol. The third-order valence-electron chi connectivity index (χ3n) is 4.57. The molecule has 1 aromatic carbocycles. The number of nitrogens with one attached hydrogen (secondary N) is 1. The number of carbonyl (C=O) groups is 1. The van der Waals surface area contributed by atoms with Gasteiger partial charge in [0.05, 0.1) is 11.9 Å². The van der Waals surface area contributed by atoms with E-state index in [4.69, 9.17) is 9.52 Å². The number of aromatic nitrogens is 2. The molecule has 7 nitrogen and oxygen atoms in total. The molecule has 0 saturated carbocycles. The molecule has 0 aliphatic carbocycles. The van der Waals surface area contributed by atoms with Gasteiger partial charge in [0.25, 0.3) is 5.56 Å². The summed E-state index contributed by atoms with van der Waals surface area (Å²) in [5.41, 5.74) is 2.84. The number of benzene rings is 1. The molecule has 0 radical (unpaired) electrons. The second kappa shape index (κ2) is 6.65. The van der Waals surface area contributed by atoms with Crippen LogP contribution in [0.1, 0.15) is 27.4 Å². The summed E-state index contributed by atoms with van der Waals surface area (Å²) in [5.74, 6) is -1.24. The zero-order chi connectivity index (χ0) is 20.0. The van der Waals surface area contributed by atoms with Crippen LogP contribution in [0.4, 0.5) is 0 Å². The molecule has 0 unspecified atom stereocenters.